The van der Waals surface area contributed by atoms with Crippen LogP contribution in [0.25, 0.3) is 0 Å². The summed E-state index contributed by atoms with van der Waals surface area (Å²) in [4.78, 5) is 11.0. The van der Waals surface area contributed by atoms with E-state index in [1.807, 2.05) is 13.8 Å². The maximum atomic E-state index is 11.0. The number of hydrogen-bond acceptors (Lipinski definition) is 2. The lowest BCUT2D eigenvalue weighted by molar-refractivity contribution is 0.0694. The van der Waals surface area contributed by atoms with Gasteiger partial charge in [0.25, 0.3) is 0 Å². The quantitative estimate of drug-likeness (QED) is 0.829. The number of carboxylic acids is 1. The summed E-state index contributed by atoms with van der Waals surface area (Å²) >= 11 is 0. The number of rotatable bonds is 3. The molecule has 1 N–H and O–H groups in total. The molecule has 1 aliphatic rings. The van der Waals surface area contributed by atoms with Gasteiger partial charge < -0.3 is 9.84 Å². The molecule has 0 fully saturated rings. The van der Waals surface area contributed by atoms with Gasteiger partial charge in [-0.15, -0.1) is 0 Å². The average Bonchev–Trinajstić information content (AvgIpc) is 2.32. The normalized spacial score (nSPS) is 22.8. The SMILES string of the molecule is Cc1ccc(C(=O)O)cc1OC1(C)C=CCCC1. The minimum absolute atomic E-state index is 0.263. The Labute approximate surface area is 107 Å². The molecule has 0 amide bonds. The van der Waals surface area contributed by atoms with E-state index in [9.17, 15) is 4.79 Å². The maximum Gasteiger partial charge on any atom is 0.335 e. The summed E-state index contributed by atoms with van der Waals surface area (Å²) in [5.41, 5.74) is 0.902. The zero-order valence-electron chi connectivity index (χ0n) is 10.8. The number of hydrogen-bond donors (Lipinski definition) is 1. The first-order valence-corrected chi connectivity index (χ1v) is 6.21. The van der Waals surface area contributed by atoms with Crippen LogP contribution in [0.5, 0.6) is 5.75 Å². The number of aromatic carboxylic acids is 1. The van der Waals surface area contributed by atoms with Crippen molar-refractivity contribution in [2.24, 2.45) is 0 Å². The van der Waals surface area contributed by atoms with Crippen LogP contribution in [0.3, 0.4) is 0 Å². The average molecular weight is 246 g/mol. The summed E-state index contributed by atoms with van der Waals surface area (Å²) in [5, 5.41) is 9.00. The van der Waals surface area contributed by atoms with Crippen molar-refractivity contribution in [3.8, 4) is 5.75 Å². The van der Waals surface area contributed by atoms with Gasteiger partial charge in [-0.25, -0.2) is 4.79 Å². The molecule has 0 saturated heterocycles. The maximum absolute atomic E-state index is 11.0. The fourth-order valence-electron chi connectivity index (χ4n) is 2.17. The lowest BCUT2D eigenvalue weighted by Gasteiger charge is -2.31. The summed E-state index contributed by atoms with van der Waals surface area (Å²) in [6.45, 7) is 3.96. The number of allylic oxidation sites excluding steroid dienone is 1. The Balaban J connectivity index is 2.27. The lowest BCUT2D eigenvalue weighted by atomic mass is 9.92. The Hall–Kier alpha value is -1.77. The van der Waals surface area contributed by atoms with Crippen LogP contribution in [0.2, 0.25) is 0 Å². The monoisotopic (exact) mass is 246 g/mol. The minimum atomic E-state index is -0.927. The molecular weight excluding hydrogens is 228 g/mol. The molecule has 0 bridgehead atoms. The molecule has 1 atom stereocenters. The fourth-order valence-corrected chi connectivity index (χ4v) is 2.17. The second-order valence-corrected chi connectivity index (χ2v) is 4.99. The van der Waals surface area contributed by atoms with Crippen molar-refractivity contribution in [2.45, 2.75) is 38.7 Å². The molecule has 1 unspecified atom stereocenters. The molecule has 0 aromatic heterocycles. The first-order chi connectivity index (χ1) is 8.50. The third-order valence-electron chi connectivity index (χ3n) is 3.29. The number of carbonyl (C=O) groups is 1. The van der Waals surface area contributed by atoms with E-state index in [1.165, 1.54) is 0 Å². The predicted molar refractivity (Wildman–Crippen MR) is 70.2 cm³/mol. The summed E-state index contributed by atoms with van der Waals surface area (Å²) in [7, 11) is 0. The molecule has 3 heteroatoms. The van der Waals surface area contributed by atoms with E-state index >= 15 is 0 Å². The van der Waals surface area contributed by atoms with Crippen LogP contribution in [0.15, 0.2) is 30.4 Å². The van der Waals surface area contributed by atoms with E-state index in [2.05, 4.69) is 12.2 Å². The van der Waals surface area contributed by atoms with Crippen LogP contribution in [0.1, 0.15) is 42.1 Å². The highest BCUT2D eigenvalue weighted by Crippen LogP contribution is 2.30. The molecule has 0 saturated carbocycles. The highest BCUT2D eigenvalue weighted by atomic mass is 16.5. The molecule has 2 rings (SSSR count). The molecule has 1 aliphatic carbocycles. The van der Waals surface area contributed by atoms with Gasteiger partial charge in [-0.2, -0.15) is 0 Å². The topological polar surface area (TPSA) is 46.5 Å². The Kier molecular flexibility index (Phi) is 3.41. The van der Waals surface area contributed by atoms with E-state index in [0.29, 0.717) is 5.75 Å². The van der Waals surface area contributed by atoms with Crippen molar-refractivity contribution in [3.63, 3.8) is 0 Å². The van der Waals surface area contributed by atoms with Gasteiger partial charge in [0.15, 0.2) is 0 Å². The van der Waals surface area contributed by atoms with Crippen molar-refractivity contribution in [3.05, 3.63) is 41.5 Å². The Bertz CT molecular complexity index is 491. The van der Waals surface area contributed by atoms with E-state index in [4.69, 9.17) is 9.84 Å². The predicted octanol–water partition coefficient (Wildman–Crippen LogP) is 3.57. The van der Waals surface area contributed by atoms with E-state index in [-0.39, 0.29) is 11.2 Å². The van der Waals surface area contributed by atoms with Gasteiger partial charge in [0, 0.05) is 0 Å². The van der Waals surface area contributed by atoms with E-state index in [0.717, 1.165) is 24.8 Å². The zero-order chi connectivity index (χ0) is 13.2. The highest BCUT2D eigenvalue weighted by molar-refractivity contribution is 5.88. The van der Waals surface area contributed by atoms with E-state index in [1.54, 1.807) is 18.2 Å². The zero-order valence-corrected chi connectivity index (χ0v) is 10.8. The van der Waals surface area contributed by atoms with Crippen molar-refractivity contribution in [1.82, 2.24) is 0 Å². The third kappa shape index (κ3) is 2.73. The molecule has 96 valence electrons. The minimum Gasteiger partial charge on any atom is -0.483 e. The molecule has 0 heterocycles. The van der Waals surface area contributed by atoms with Crippen LogP contribution < -0.4 is 4.74 Å². The van der Waals surface area contributed by atoms with Crippen molar-refractivity contribution in [1.29, 1.82) is 0 Å². The van der Waals surface area contributed by atoms with Gasteiger partial charge in [0.2, 0.25) is 0 Å². The molecule has 18 heavy (non-hydrogen) atoms. The summed E-state index contributed by atoms with van der Waals surface area (Å²) in [6, 6.07) is 4.99. The van der Waals surface area contributed by atoms with Crippen molar-refractivity contribution < 1.29 is 14.6 Å². The number of ether oxygens (including phenoxy) is 1. The largest absolute Gasteiger partial charge is 0.483 e. The summed E-state index contributed by atoms with van der Waals surface area (Å²) in [5.74, 6) is -0.270. The molecule has 0 aliphatic heterocycles. The van der Waals surface area contributed by atoms with Crippen LogP contribution in [0.4, 0.5) is 0 Å². The molecule has 0 radical (unpaired) electrons. The smallest absolute Gasteiger partial charge is 0.335 e. The number of aryl methyl sites for hydroxylation is 1. The lowest BCUT2D eigenvalue weighted by Crippen LogP contribution is -2.31. The van der Waals surface area contributed by atoms with Gasteiger partial charge in [-0.1, -0.05) is 12.1 Å². The van der Waals surface area contributed by atoms with Crippen LogP contribution >= 0.6 is 0 Å². The van der Waals surface area contributed by atoms with Gasteiger partial charge in [-0.05, 0) is 56.9 Å². The second-order valence-electron chi connectivity index (χ2n) is 4.99. The fraction of sp³-hybridized carbons (Fsp3) is 0.400. The van der Waals surface area contributed by atoms with Gasteiger partial charge in [0.05, 0.1) is 5.56 Å². The first kappa shape index (κ1) is 12.7. The first-order valence-electron chi connectivity index (χ1n) is 6.21. The van der Waals surface area contributed by atoms with Crippen molar-refractivity contribution in [2.75, 3.05) is 0 Å². The molecule has 1 aromatic carbocycles. The second kappa shape index (κ2) is 4.84. The number of carboxylic acid groups (broad SMARTS) is 1. The van der Waals surface area contributed by atoms with Gasteiger partial charge in [0.1, 0.15) is 11.4 Å². The molecule has 0 spiro atoms. The van der Waals surface area contributed by atoms with Crippen LogP contribution in [-0.2, 0) is 0 Å². The Morgan fingerprint density at radius 3 is 2.83 bits per heavy atom. The Morgan fingerprint density at radius 1 is 1.44 bits per heavy atom. The Morgan fingerprint density at radius 2 is 2.22 bits per heavy atom. The van der Waals surface area contributed by atoms with Gasteiger partial charge in [-0.3, -0.25) is 0 Å². The summed E-state index contributed by atoms with van der Waals surface area (Å²) < 4.78 is 6.01. The third-order valence-corrected chi connectivity index (χ3v) is 3.29. The van der Waals surface area contributed by atoms with E-state index < -0.39 is 5.97 Å². The highest BCUT2D eigenvalue weighted by Gasteiger charge is 2.25. The number of benzene rings is 1. The van der Waals surface area contributed by atoms with Crippen molar-refractivity contribution >= 4 is 5.97 Å². The van der Waals surface area contributed by atoms with Crippen LogP contribution in [0, 0.1) is 6.92 Å². The van der Waals surface area contributed by atoms with Crippen LogP contribution in [-0.4, -0.2) is 16.7 Å². The van der Waals surface area contributed by atoms with Gasteiger partial charge >= 0.3 is 5.97 Å². The molecule has 3 nitrogen and oxygen atoms in total. The summed E-state index contributed by atoms with van der Waals surface area (Å²) in [6.07, 6.45) is 7.35. The molecule has 1 aromatic rings. The molecular formula is C15H18O3. The standard InChI is InChI=1S/C15H18O3/c1-11-6-7-12(14(16)17)10-13(11)18-15(2)8-4-3-5-9-15/h4,6-8,10H,3,5,9H2,1-2H3,(H,16,17).